The van der Waals surface area contributed by atoms with Crippen LogP contribution in [0.5, 0.6) is 0 Å². The highest BCUT2D eigenvalue weighted by Crippen LogP contribution is 2.36. The molecular formula is C14H15N3O2S. The van der Waals surface area contributed by atoms with Gasteiger partial charge in [0.05, 0.1) is 28.6 Å². The van der Waals surface area contributed by atoms with E-state index in [2.05, 4.69) is 10.3 Å². The molecular weight excluding hydrogens is 274 g/mol. The molecule has 2 saturated heterocycles. The van der Waals surface area contributed by atoms with Crippen molar-refractivity contribution in [3.63, 3.8) is 0 Å². The summed E-state index contributed by atoms with van der Waals surface area (Å²) in [4.78, 5) is 17.1. The van der Waals surface area contributed by atoms with Gasteiger partial charge in [-0.2, -0.15) is 0 Å². The van der Waals surface area contributed by atoms with Gasteiger partial charge in [-0.05, 0) is 25.3 Å². The van der Waals surface area contributed by atoms with Gasteiger partial charge in [-0.25, -0.2) is 0 Å². The summed E-state index contributed by atoms with van der Waals surface area (Å²) in [5.41, 5.74) is 6.63. The van der Waals surface area contributed by atoms with Gasteiger partial charge in [0.2, 0.25) is 0 Å². The third kappa shape index (κ3) is 1.79. The van der Waals surface area contributed by atoms with Crippen molar-refractivity contribution in [1.82, 2.24) is 10.3 Å². The molecule has 2 aromatic rings. The second kappa shape index (κ2) is 4.43. The van der Waals surface area contributed by atoms with E-state index in [0.29, 0.717) is 16.7 Å². The van der Waals surface area contributed by atoms with E-state index in [4.69, 9.17) is 10.5 Å². The van der Waals surface area contributed by atoms with Gasteiger partial charge in [0, 0.05) is 17.8 Å². The number of nitrogens with zero attached hydrogens (tertiary/aromatic N) is 1. The highest BCUT2D eigenvalue weighted by Gasteiger charge is 2.41. The van der Waals surface area contributed by atoms with Crippen LogP contribution in [0.4, 0.5) is 5.69 Å². The number of carbonyl (C=O) groups is 1. The molecule has 2 aliphatic heterocycles. The van der Waals surface area contributed by atoms with Crippen LogP contribution in [-0.4, -0.2) is 29.1 Å². The summed E-state index contributed by atoms with van der Waals surface area (Å²) in [5, 5.41) is 3.98. The Bertz CT molecular complexity index is 684. The fraction of sp³-hybridized carbons (Fsp3) is 0.429. The number of hydrogen-bond donors (Lipinski definition) is 2. The molecule has 2 bridgehead atoms. The first kappa shape index (κ1) is 12.1. The summed E-state index contributed by atoms with van der Waals surface area (Å²) in [6.07, 6.45) is 7.03. The van der Waals surface area contributed by atoms with Crippen LogP contribution in [0.15, 0.2) is 18.5 Å². The maximum Gasteiger partial charge on any atom is 0.263 e. The molecule has 2 fully saturated rings. The maximum atomic E-state index is 12.4. The molecule has 3 atom stereocenters. The van der Waals surface area contributed by atoms with Crippen LogP contribution in [0.25, 0.3) is 10.1 Å². The van der Waals surface area contributed by atoms with E-state index in [9.17, 15) is 4.79 Å². The normalized spacial score (nSPS) is 28.1. The molecule has 2 aromatic heterocycles. The van der Waals surface area contributed by atoms with Crippen molar-refractivity contribution in [3.8, 4) is 0 Å². The Morgan fingerprint density at radius 2 is 2.40 bits per heavy atom. The molecule has 0 aliphatic carbocycles. The largest absolute Gasteiger partial charge is 0.397 e. The minimum Gasteiger partial charge on any atom is -0.397 e. The lowest BCUT2D eigenvalue weighted by Gasteiger charge is -2.19. The van der Waals surface area contributed by atoms with E-state index < -0.39 is 0 Å². The molecule has 0 spiro atoms. The Kier molecular flexibility index (Phi) is 2.68. The van der Waals surface area contributed by atoms with Gasteiger partial charge in [0.15, 0.2) is 0 Å². The summed E-state index contributed by atoms with van der Waals surface area (Å²) < 4.78 is 6.70. The third-order valence-corrected chi connectivity index (χ3v) is 5.31. The van der Waals surface area contributed by atoms with Crippen LogP contribution in [-0.2, 0) is 4.74 Å². The van der Waals surface area contributed by atoms with Crippen LogP contribution < -0.4 is 11.1 Å². The Labute approximate surface area is 120 Å². The first-order valence-electron chi connectivity index (χ1n) is 6.80. The molecule has 104 valence electrons. The van der Waals surface area contributed by atoms with Gasteiger partial charge < -0.3 is 15.8 Å². The molecule has 6 heteroatoms. The zero-order valence-electron chi connectivity index (χ0n) is 10.8. The monoisotopic (exact) mass is 289 g/mol. The number of anilines is 1. The Balaban J connectivity index is 1.59. The fourth-order valence-corrected chi connectivity index (χ4v) is 4.16. The van der Waals surface area contributed by atoms with Gasteiger partial charge in [-0.15, -0.1) is 11.3 Å². The van der Waals surface area contributed by atoms with Gasteiger partial charge in [-0.3, -0.25) is 9.78 Å². The van der Waals surface area contributed by atoms with E-state index in [0.717, 1.165) is 29.3 Å². The predicted octanol–water partition coefficient (Wildman–Crippen LogP) is 1.93. The number of hydrogen-bond acceptors (Lipinski definition) is 5. The van der Waals surface area contributed by atoms with Crippen molar-refractivity contribution < 1.29 is 9.53 Å². The molecule has 4 rings (SSSR count). The molecule has 0 aromatic carbocycles. The van der Waals surface area contributed by atoms with Gasteiger partial charge in [0.25, 0.3) is 5.91 Å². The zero-order chi connectivity index (χ0) is 13.7. The standard InChI is InChI=1S/C14H15N3O2S/c15-12-8-3-4-16-6-11(8)20-13(12)14(18)17-9-5-7-1-2-10(9)19-7/h3-4,6-7,9-10H,1-2,5,15H2,(H,17,18). The van der Waals surface area contributed by atoms with Gasteiger partial charge >= 0.3 is 0 Å². The summed E-state index contributed by atoms with van der Waals surface area (Å²) in [6, 6.07) is 1.97. The van der Waals surface area contributed by atoms with E-state index in [-0.39, 0.29) is 18.1 Å². The van der Waals surface area contributed by atoms with Crippen molar-refractivity contribution in [2.45, 2.75) is 37.5 Å². The second-order valence-electron chi connectivity index (χ2n) is 5.41. The van der Waals surface area contributed by atoms with Gasteiger partial charge in [0.1, 0.15) is 4.88 Å². The lowest BCUT2D eigenvalue weighted by Crippen LogP contribution is -2.41. The number of pyridine rings is 1. The molecule has 2 aliphatic rings. The van der Waals surface area contributed by atoms with Crippen LogP contribution in [0.3, 0.4) is 0 Å². The highest BCUT2D eigenvalue weighted by molar-refractivity contribution is 7.21. The SMILES string of the molecule is Nc1c(C(=O)NC2CC3CCC2O3)sc2cnccc12. The lowest BCUT2D eigenvalue weighted by molar-refractivity contribution is 0.0844. The van der Waals surface area contributed by atoms with E-state index >= 15 is 0 Å². The van der Waals surface area contributed by atoms with Crippen LogP contribution in [0, 0.1) is 0 Å². The quantitative estimate of drug-likeness (QED) is 0.885. The Morgan fingerprint density at radius 3 is 3.10 bits per heavy atom. The van der Waals surface area contributed by atoms with E-state index in [1.165, 1.54) is 11.3 Å². The average Bonchev–Trinajstić information content (AvgIpc) is 3.14. The zero-order valence-corrected chi connectivity index (χ0v) is 11.7. The molecule has 0 saturated carbocycles. The molecule has 20 heavy (non-hydrogen) atoms. The number of nitrogen functional groups attached to an aromatic ring is 1. The first-order valence-corrected chi connectivity index (χ1v) is 7.62. The Morgan fingerprint density at radius 1 is 1.50 bits per heavy atom. The van der Waals surface area contributed by atoms with Crippen molar-refractivity contribution in [2.75, 3.05) is 5.73 Å². The molecule has 5 nitrogen and oxygen atoms in total. The molecule has 0 radical (unpaired) electrons. The molecule has 1 amide bonds. The number of carbonyl (C=O) groups excluding carboxylic acids is 1. The minimum atomic E-state index is -0.0927. The highest BCUT2D eigenvalue weighted by atomic mass is 32.1. The number of nitrogens with one attached hydrogen (secondary N) is 1. The summed E-state index contributed by atoms with van der Waals surface area (Å²) >= 11 is 1.40. The van der Waals surface area contributed by atoms with Crippen LogP contribution >= 0.6 is 11.3 Å². The van der Waals surface area contributed by atoms with Gasteiger partial charge in [-0.1, -0.05) is 0 Å². The lowest BCUT2D eigenvalue weighted by atomic mass is 9.95. The fourth-order valence-electron chi connectivity index (χ4n) is 3.16. The summed E-state index contributed by atoms with van der Waals surface area (Å²) in [5.74, 6) is -0.0927. The van der Waals surface area contributed by atoms with E-state index in [1.54, 1.807) is 12.4 Å². The number of amides is 1. The second-order valence-corrected chi connectivity index (χ2v) is 6.46. The summed E-state index contributed by atoms with van der Waals surface area (Å²) in [7, 11) is 0. The van der Waals surface area contributed by atoms with Crippen molar-refractivity contribution in [3.05, 3.63) is 23.3 Å². The summed E-state index contributed by atoms with van der Waals surface area (Å²) in [6.45, 7) is 0. The van der Waals surface area contributed by atoms with Crippen LogP contribution in [0.1, 0.15) is 28.9 Å². The number of ether oxygens (including phenoxy) is 1. The van der Waals surface area contributed by atoms with E-state index in [1.807, 2.05) is 6.07 Å². The van der Waals surface area contributed by atoms with Crippen molar-refractivity contribution in [1.29, 1.82) is 0 Å². The number of aromatic nitrogens is 1. The number of fused-ring (bicyclic) bond motifs is 3. The minimum absolute atomic E-state index is 0.0927. The smallest absolute Gasteiger partial charge is 0.263 e. The topological polar surface area (TPSA) is 77.2 Å². The average molecular weight is 289 g/mol. The maximum absolute atomic E-state index is 12.4. The molecule has 3 N–H and O–H groups in total. The molecule has 4 heterocycles. The van der Waals surface area contributed by atoms with Crippen molar-refractivity contribution >= 4 is 33.0 Å². The molecule has 3 unspecified atom stereocenters. The van der Waals surface area contributed by atoms with Crippen molar-refractivity contribution in [2.24, 2.45) is 0 Å². The first-order chi connectivity index (χ1) is 9.72. The number of rotatable bonds is 2. The third-order valence-electron chi connectivity index (χ3n) is 4.16. The predicted molar refractivity (Wildman–Crippen MR) is 77.8 cm³/mol. The Hall–Kier alpha value is -1.66. The number of thiophene rings is 1. The van der Waals surface area contributed by atoms with Crippen LogP contribution in [0.2, 0.25) is 0 Å². The number of nitrogens with two attached hydrogens (primary N) is 1.